The van der Waals surface area contributed by atoms with Crippen molar-refractivity contribution in [2.24, 2.45) is 0 Å². The van der Waals surface area contributed by atoms with Crippen LogP contribution in [0, 0.1) is 11.3 Å². The Morgan fingerprint density at radius 2 is 1.80 bits per heavy atom. The molecule has 1 aliphatic heterocycles. The zero-order valence-electron chi connectivity index (χ0n) is 19.2. The van der Waals surface area contributed by atoms with Crippen LogP contribution in [0.25, 0.3) is 16.6 Å². The number of anilines is 2. The molecule has 0 radical (unpaired) electrons. The number of fused-ring (bicyclic) bond motifs is 2. The summed E-state index contributed by atoms with van der Waals surface area (Å²) in [6.07, 6.45) is 1.82. The van der Waals surface area contributed by atoms with E-state index < -0.39 is 11.5 Å². The summed E-state index contributed by atoms with van der Waals surface area (Å²) in [6, 6.07) is 13.5. The number of nitrogens with one attached hydrogen (secondary N) is 3. The van der Waals surface area contributed by atoms with Crippen molar-refractivity contribution in [3.05, 3.63) is 75.2 Å². The van der Waals surface area contributed by atoms with Gasteiger partial charge in [-0.3, -0.25) is 9.78 Å². The molecule has 4 aromatic rings. The monoisotopic (exact) mass is 470 g/mol. The smallest absolute Gasteiger partial charge is 0.258 e. The molecule has 2 aromatic heterocycles. The van der Waals surface area contributed by atoms with E-state index in [1.54, 1.807) is 12.1 Å². The van der Waals surface area contributed by atoms with Crippen molar-refractivity contribution in [2.45, 2.75) is 5.92 Å². The summed E-state index contributed by atoms with van der Waals surface area (Å²) in [6.45, 7) is 0. The van der Waals surface area contributed by atoms with Crippen molar-refractivity contribution in [1.29, 1.82) is 5.26 Å². The van der Waals surface area contributed by atoms with Gasteiger partial charge in [0, 0.05) is 22.7 Å². The van der Waals surface area contributed by atoms with Crippen LogP contribution in [-0.4, -0.2) is 36.3 Å². The van der Waals surface area contributed by atoms with E-state index in [-0.39, 0.29) is 17.3 Å². The molecule has 0 saturated carbocycles. The van der Waals surface area contributed by atoms with Gasteiger partial charge < -0.3 is 30.2 Å². The number of para-hydroxylation sites is 1. The molecule has 0 spiro atoms. The third-order valence-corrected chi connectivity index (χ3v) is 6.06. The van der Waals surface area contributed by atoms with Crippen LogP contribution >= 0.6 is 0 Å². The Bertz CT molecular complexity index is 1570. The summed E-state index contributed by atoms with van der Waals surface area (Å²) in [5.41, 5.74) is 8.78. The van der Waals surface area contributed by atoms with E-state index >= 15 is 0 Å². The molecule has 1 unspecified atom stereocenters. The van der Waals surface area contributed by atoms with Crippen molar-refractivity contribution < 1.29 is 14.2 Å². The molecule has 2 aromatic carbocycles. The first-order valence-electron chi connectivity index (χ1n) is 10.7. The number of aromatic nitrogens is 3. The van der Waals surface area contributed by atoms with Gasteiger partial charge in [-0.15, -0.1) is 0 Å². The molecule has 0 aliphatic carbocycles. The van der Waals surface area contributed by atoms with Gasteiger partial charge >= 0.3 is 0 Å². The van der Waals surface area contributed by atoms with Gasteiger partial charge in [-0.2, -0.15) is 10.2 Å². The van der Waals surface area contributed by atoms with Gasteiger partial charge in [-0.05, 0) is 23.8 Å². The van der Waals surface area contributed by atoms with Gasteiger partial charge in [0.15, 0.2) is 11.5 Å². The Morgan fingerprint density at radius 3 is 2.46 bits per heavy atom. The highest BCUT2D eigenvalue weighted by Gasteiger charge is 2.35. The van der Waals surface area contributed by atoms with Gasteiger partial charge in [0.05, 0.1) is 50.2 Å². The molecule has 3 heterocycles. The Morgan fingerprint density at radius 1 is 1.09 bits per heavy atom. The minimum atomic E-state index is -0.787. The van der Waals surface area contributed by atoms with Crippen LogP contribution in [-0.2, 0) is 0 Å². The lowest BCUT2D eigenvalue weighted by Gasteiger charge is -2.28. The van der Waals surface area contributed by atoms with Crippen LogP contribution < -0.4 is 30.8 Å². The fourth-order valence-electron chi connectivity index (χ4n) is 4.55. The molecule has 10 nitrogen and oxygen atoms in total. The SMILES string of the molecule is COc1cc(C2C(C#N)=C(c3c[nH]c4ccccc34)Nc3nc(N)[nH]c(=O)c32)cc(OC)c1OC. The number of nitrogens with zero attached hydrogens (tertiary/aromatic N) is 2. The zero-order valence-corrected chi connectivity index (χ0v) is 19.2. The van der Waals surface area contributed by atoms with E-state index in [9.17, 15) is 10.1 Å². The Kier molecular flexibility index (Phi) is 5.30. The highest BCUT2D eigenvalue weighted by atomic mass is 16.5. The van der Waals surface area contributed by atoms with E-state index in [0.717, 1.165) is 16.5 Å². The van der Waals surface area contributed by atoms with Crippen molar-refractivity contribution in [3.63, 3.8) is 0 Å². The molecule has 0 saturated heterocycles. The second kappa shape index (κ2) is 8.46. The van der Waals surface area contributed by atoms with Crippen molar-refractivity contribution >= 4 is 28.4 Å². The predicted octanol–water partition coefficient (Wildman–Crippen LogP) is 3.35. The molecule has 1 aliphatic rings. The van der Waals surface area contributed by atoms with E-state index in [0.29, 0.717) is 34.1 Å². The fourth-order valence-corrected chi connectivity index (χ4v) is 4.55. The van der Waals surface area contributed by atoms with E-state index in [2.05, 4.69) is 26.3 Å². The number of aromatic amines is 2. The summed E-state index contributed by atoms with van der Waals surface area (Å²) in [4.78, 5) is 23.3. The van der Waals surface area contributed by atoms with Gasteiger partial charge in [-0.1, -0.05) is 18.2 Å². The highest BCUT2D eigenvalue weighted by Crippen LogP contribution is 2.47. The topological polar surface area (TPSA) is 151 Å². The lowest BCUT2D eigenvalue weighted by molar-refractivity contribution is 0.323. The molecule has 5 rings (SSSR count). The number of hydrogen-bond donors (Lipinski definition) is 4. The molecule has 10 heteroatoms. The number of nitriles is 1. The van der Waals surface area contributed by atoms with E-state index in [1.165, 1.54) is 21.3 Å². The number of ether oxygens (including phenoxy) is 3. The first-order valence-corrected chi connectivity index (χ1v) is 10.7. The average molecular weight is 470 g/mol. The lowest BCUT2D eigenvalue weighted by Crippen LogP contribution is -2.28. The number of methoxy groups -OCH3 is 3. The molecule has 0 amide bonds. The minimum Gasteiger partial charge on any atom is -0.493 e. The maximum absolute atomic E-state index is 13.1. The Balaban J connectivity index is 1.85. The van der Waals surface area contributed by atoms with Crippen LogP contribution in [0.3, 0.4) is 0 Å². The van der Waals surface area contributed by atoms with Crippen molar-refractivity contribution in [2.75, 3.05) is 32.4 Å². The number of H-pyrrole nitrogens is 2. The maximum atomic E-state index is 13.1. The Hall–Kier alpha value is -4.91. The predicted molar refractivity (Wildman–Crippen MR) is 132 cm³/mol. The van der Waals surface area contributed by atoms with Crippen molar-refractivity contribution in [3.8, 4) is 23.3 Å². The number of rotatable bonds is 5. The molecule has 35 heavy (non-hydrogen) atoms. The van der Waals surface area contributed by atoms with Crippen LogP contribution in [0.5, 0.6) is 17.2 Å². The quantitative estimate of drug-likeness (QED) is 0.347. The number of nitrogen functional groups attached to an aromatic ring is 1. The zero-order chi connectivity index (χ0) is 24.7. The minimum absolute atomic E-state index is 0.0384. The number of allylic oxidation sites excluding steroid dienone is 1. The normalized spacial score (nSPS) is 14.7. The maximum Gasteiger partial charge on any atom is 0.258 e. The highest BCUT2D eigenvalue weighted by molar-refractivity contribution is 5.98. The third-order valence-electron chi connectivity index (χ3n) is 6.06. The molecule has 176 valence electrons. The summed E-state index contributed by atoms with van der Waals surface area (Å²) in [5, 5.41) is 14.5. The van der Waals surface area contributed by atoms with Gasteiger partial charge in [0.1, 0.15) is 5.82 Å². The summed E-state index contributed by atoms with van der Waals surface area (Å²) in [5.74, 6) is 0.635. The van der Waals surface area contributed by atoms with Crippen LogP contribution in [0.1, 0.15) is 22.6 Å². The van der Waals surface area contributed by atoms with Gasteiger partial charge in [0.2, 0.25) is 11.7 Å². The van der Waals surface area contributed by atoms with Crippen LogP contribution in [0.15, 0.2) is 53.0 Å². The average Bonchev–Trinajstić information content (AvgIpc) is 3.30. The lowest BCUT2D eigenvalue weighted by atomic mass is 9.81. The van der Waals surface area contributed by atoms with Gasteiger partial charge in [0.25, 0.3) is 5.56 Å². The first-order chi connectivity index (χ1) is 17.0. The van der Waals surface area contributed by atoms with E-state index in [4.69, 9.17) is 19.9 Å². The molecular weight excluding hydrogens is 448 g/mol. The number of hydrogen-bond acceptors (Lipinski definition) is 8. The molecule has 0 bridgehead atoms. The standard InChI is InChI=1S/C25H22N6O4/c1-33-17-8-12(9-18(34-2)22(17)35-3)19-14(10-26)21(15-11-28-16-7-5-4-6-13(15)16)29-23-20(19)24(32)31-25(27)30-23/h4-9,11,19,28H,1-3H3,(H4,27,29,30,31,32). The third kappa shape index (κ3) is 3.41. The van der Waals surface area contributed by atoms with Crippen LogP contribution in [0.4, 0.5) is 11.8 Å². The first kappa shape index (κ1) is 21.9. The second-order valence-corrected chi connectivity index (χ2v) is 7.88. The summed E-state index contributed by atoms with van der Waals surface area (Å²) >= 11 is 0. The van der Waals surface area contributed by atoms with Gasteiger partial charge in [-0.25, -0.2) is 0 Å². The molecule has 0 fully saturated rings. The molecular formula is C25H22N6O4. The molecule has 1 atom stereocenters. The van der Waals surface area contributed by atoms with E-state index in [1.807, 2.05) is 30.5 Å². The largest absolute Gasteiger partial charge is 0.493 e. The number of benzene rings is 2. The second-order valence-electron chi connectivity index (χ2n) is 7.88. The summed E-state index contributed by atoms with van der Waals surface area (Å²) in [7, 11) is 4.52. The van der Waals surface area contributed by atoms with Crippen LogP contribution in [0.2, 0.25) is 0 Å². The summed E-state index contributed by atoms with van der Waals surface area (Å²) < 4.78 is 16.5. The Labute approximate surface area is 200 Å². The fraction of sp³-hybridized carbons (Fsp3) is 0.160. The number of nitrogens with two attached hydrogens (primary N) is 1. The molecule has 5 N–H and O–H groups in total. The van der Waals surface area contributed by atoms with Crippen molar-refractivity contribution in [1.82, 2.24) is 15.0 Å².